The van der Waals surface area contributed by atoms with Gasteiger partial charge in [0.15, 0.2) is 6.79 Å². The molecule has 0 aromatic carbocycles. The monoisotopic (exact) mass is 134 g/mol. The van der Waals surface area contributed by atoms with Gasteiger partial charge in [0, 0.05) is 7.11 Å². The lowest BCUT2D eigenvalue weighted by atomic mass is 10.5. The van der Waals surface area contributed by atoms with Crippen LogP contribution in [-0.2, 0) is 14.3 Å². The summed E-state index contributed by atoms with van der Waals surface area (Å²) in [5.41, 5.74) is 0. The molecule has 0 amide bonds. The summed E-state index contributed by atoms with van der Waals surface area (Å²) in [5.74, 6) is -0.445. The SMILES string of the molecule is COCCC(=O)OCO. The Kier molecular flexibility index (Phi) is 5.15. The number of ether oxygens (including phenoxy) is 2. The van der Waals surface area contributed by atoms with Crippen LogP contribution < -0.4 is 0 Å². The largest absolute Gasteiger partial charge is 0.439 e. The van der Waals surface area contributed by atoms with Gasteiger partial charge in [-0.1, -0.05) is 0 Å². The molecular weight excluding hydrogens is 124 g/mol. The number of hydrogen-bond acceptors (Lipinski definition) is 4. The molecule has 1 N–H and O–H groups in total. The highest BCUT2D eigenvalue weighted by molar-refractivity contribution is 5.69. The molecule has 0 unspecified atom stereocenters. The molecule has 0 aliphatic rings. The van der Waals surface area contributed by atoms with Crippen LogP contribution in [0.1, 0.15) is 6.42 Å². The van der Waals surface area contributed by atoms with Gasteiger partial charge in [0.25, 0.3) is 0 Å². The fourth-order valence-corrected chi connectivity index (χ4v) is 0.330. The minimum atomic E-state index is -0.553. The molecule has 4 nitrogen and oxygen atoms in total. The van der Waals surface area contributed by atoms with Gasteiger partial charge in [-0.3, -0.25) is 4.79 Å². The van der Waals surface area contributed by atoms with Gasteiger partial charge in [0.1, 0.15) is 0 Å². The van der Waals surface area contributed by atoms with Crippen LogP contribution in [0.3, 0.4) is 0 Å². The highest BCUT2D eigenvalue weighted by Crippen LogP contribution is 1.84. The molecule has 0 saturated carbocycles. The molecule has 0 heterocycles. The Bertz CT molecular complexity index is 81.0. The topological polar surface area (TPSA) is 55.8 Å². The highest BCUT2D eigenvalue weighted by Gasteiger charge is 1.98. The van der Waals surface area contributed by atoms with E-state index in [1.807, 2.05) is 0 Å². The first kappa shape index (κ1) is 8.39. The number of aliphatic hydroxyl groups is 1. The highest BCUT2D eigenvalue weighted by atomic mass is 16.6. The molecule has 0 radical (unpaired) electrons. The number of carbonyl (C=O) groups is 1. The zero-order valence-corrected chi connectivity index (χ0v) is 5.29. The quantitative estimate of drug-likeness (QED) is 0.416. The van der Waals surface area contributed by atoms with Gasteiger partial charge < -0.3 is 14.6 Å². The molecule has 0 fully saturated rings. The lowest BCUT2D eigenvalue weighted by Crippen LogP contribution is -2.07. The van der Waals surface area contributed by atoms with Gasteiger partial charge in [0.2, 0.25) is 0 Å². The Morgan fingerprint density at radius 2 is 2.33 bits per heavy atom. The second kappa shape index (κ2) is 5.53. The maximum absolute atomic E-state index is 10.3. The average molecular weight is 134 g/mol. The Morgan fingerprint density at radius 1 is 1.67 bits per heavy atom. The van der Waals surface area contributed by atoms with Crippen molar-refractivity contribution >= 4 is 5.97 Å². The molecule has 0 spiro atoms. The number of methoxy groups -OCH3 is 1. The van der Waals surface area contributed by atoms with E-state index in [0.29, 0.717) is 6.61 Å². The number of rotatable bonds is 4. The second-order valence-corrected chi connectivity index (χ2v) is 1.39. The van der Waals surface area contributed by atoms with Crippen molar-refractivity contribution in [1.29, 1.82) is 0 Å². The first-order valence-corrected chi connectivity index (χ1v) is 2.56. The fourth-order valence-electron chi connectivity index (χ4n) is 0.330. The van der Waals surface area contributed by atoms with Gasteiger partial charge in [0.05, 0.1) is 13.0 Å². The van der Waals surface area contributed by atoms with E-state index in [-0.39, 0.29) is 6.42 Å². The van der Waals surface area contributed by atoms with E-state index >= 15 is 0 Å². The summed E-state index contributed by atoms with van der Waals surface area (Å²) in [6.45, 7) is -0.221. The number of carbonyl (C=O) groups excluding carboxylic acids is 1. The molecular formula is C5H10O4. The van der Waals surface area contributed by atoms with Crippen molar-refractivity contribution < 1.29 is 19.4 Å². The first-order valence-electron chi connectivity index (χ1n) is 2.56. The summed E-state index contributed by atoms with van der Waals surface area (Å²) in [4.78, 5) is 10.3. The van der Waals surface area contributed by atoms with Crippen LogP contribution in [0.2, 0.25) is 0 Å². The van der Waals surface area contributed by atoms with E-state index in [1.54, 1.807) is 0 Å². The third kappa shape index (κ3) is 5.26. The van der Waals surface area contributed by atoms with Crippen LogP contribution >= 0.6 is 0 Å². The van der Waals surface area contributed by atoms with Gasteiger partial charge in [-0.2, -0.15) is 0 Å². The smallest absolute Gasteiger partial charge is 0.310 e. The zero-order valence-electron chi connectivity index (χ0n) is 5.29. The molecule has 0 aliphatic carbocycles. The van der Waals surface area contributed by atoms with Crippen molar-refractivity contribution in [1.82, 2.24) is 0 Å². The van der Waals surface area contributed by atoms with Gasteiger partial charge in [-0.15, -0.1) is 0 Å². The van der Waals surface area contributed by atoms with Crippen molar-refractivity contribution in [2.45, 2.75) is 6.42 Å². The van der Waals surface area contributed by atoms with E-state index in [9.17, 15) is 4.79 Å². The first-order chi connectivity index (χ1) is 4.31. The molecule has 4 heteroatoms. The lowest BCUT2D eigenvalue weighted by molar-refractivity contribution is -0.152. The molecule has 0 aliphatic heterocycles. The minimum absolute atomic E-state index is 0.192. The molecule has 0 aromatic heterocycles. The zero-order chi connectivity index (χ0) is 7.11. The fraction of sp³-hybridized carbons (Fsp3) is 0.800. The molecule has 0 bridgehead atoms. The third-order valence-electron chi connectivity index (χ3n) is 0.736. The van der Waals surface area contributed by atoms with E-state index < -0.39 is 12.8 Å². The van der Waals surface area contributed by atoms with Crippen molar-refractivity contribution in [3.63, 3.8) is 0 Å². The van der Waals surface area contributed by atoms with Crippen LogP contribution in [-0.4, -0.2) is 31.6 Å². The Morgan fingerprint density at radius 3 is 2.78 bits per heavy atom. The maximum atomic E-state index is 10.3. The number of hydrogen-bond donors (Lipinski definition) is 1. The molecule has 0 aromatic rings. The van der Waals surface area contributed by atoms with Crippen molar-refractivity contribution in [2.24, 2.45) is 0 Å². The molecule has 9 heavy (non-hydrogen) atoms. The average Bonchev–Trinajstić information content (AvgIpc) is 1.85. The van der Waals surface area contributed by atoms with E-state index in [2.05, 4.69) is 9.47 Å². The van der Waals surface area contributed by atoms with Crippen LogP contribution in [0.15, 0.2) is 0 Å². The molecule has 0 saturated heterocycles. The van der Waals surface area contributed by atoms with Gasteiger partial charge in [-0.25, -0.2) is 0 Å². The second-order valence-electron chi connectivity index (χ2n) is 1.39. The normalized spacial score (nSPS) is 9.11. The molecule has 54 valence electrons. The van der Waals surface area contributed by atoms with Crippen LogP contribution in [0.25, 0.3) is 0 Å². The maximum Gasteiger partial charge on any atom is 0.310 e. The Hall–Kier alpha value is -0.610. The van der Waals surface area contributed by atoms with E-state index in [0.717, 1.165) is 0 Å². The summed E-state index contributed by atoms with van der Waals surface area (Å²) in [6.07, 6.45) is 0.192. The van der Waals surface area contributed by atoms with Crippen LogP contribution in [0.5, 0.6) is 0 Å². The summed E-state index contributed by atoms with van der Waals surface area (Å²) >= 11 is 0. The Labute approximate surface area is 53.4 Å². The number of aliphatic hydroxyl groups excluding tert-OH is 1. The lowest BCUT2D eigenvalue weighted by Gasteiger charge is -1.97. The summed E-state index contributed by atoms with van der Waals surface area (Å²) < 4.78 is 8.76. The van der Waals surface area contributed by atoms with Gasteiger partial charge in [-0.05, 0) is 0 Å². The summed E-state index contributed by atoms with van der Waals surface area (Å²) in [6, 6.07) is 0. The predicted molar refractivity (Wildman–Crippen MR) is 29.7 cm³/mol. The van der Waals surface area contributed by atoms with Crippen molar-refractivity contribution in [3.05, 3.63) is 0 Å². The van der Waals surface area contributed by atoms with Gasteiger partial charge >= 0.3 is 5.97 Å². The van der Waals surface area contributed by atoms with Crippen molar-refractivity contribution in [3.8, 4) is 0 Å². The standard InChI is InChI=1S/C5H10O4/c1-8-3-2-5(7)9-4-6/h6H,2-4H2,1H3. The van der Waals surface area contributed by atoms with Crippen LogP contribution in [0.4, 0.5) is 0 Å². The predicted octanol–water partition coefficient (Wildman–Crippen LogP) is -0.484. The molecule has 0 atom stereocenters. The minimum Gasteiger partial charge on any atom is -0.439 e. The summed E-state index contributed by atoms with van der Waals surface area (Å²) in [7, 11) is 1.49. The molecule has 0 rings (SSSR count). The van der Waals surface area contributed by atoms with Crippen molar-refractivity contribution in [2.75, 3.05) is 20.5 Å². The van der Waals surface area contributed by atoms with Crippen LogP contribution in [0, 0.1) is 0 Å². The number of esters is 1. The summed E-state index contributed by atoms with van der Waals surface area (Å²) in [5, 5.41) is 8.05. The third-order valence-corrected chi connectivity index (χ3v) is 0.736. The Balaban J connectivity index is 3.06. The van der Waals surface area contributed by atoms with E-state index in [1.165, 1.54) is 7.11 Å². The van der Waals surface area contributed by atoms with E-state index in [4.69, 9.17) is 5.11 Å².